The molecule has 1 fully saturated rings. The van der Waals surface area contributed by atoms with E-state index in [9.17, 15) is 8.42 Å². The molecule has 0 unspecified atom stereocenters. The molecule has 22 heavy (non-hydrogen) atoms. The first kappa shape index (κ1) is 17.4. The summed E-state index contributed by atoms with van der Waals surface area (Å²) in [5, 5.41) is 0. The minimum atomic E-state index is -3.47. The average molecular weight is 328 g/mol. The Morgan fingerprint density at radius 1 is 1.23 bits per heavy atom. The first-order valence-corrected chi connectivity index (χ1v) is 8.94. The van der Waals surface area contributed by atoms with Gasteiger partial charge in [0, 0.05) is 19.6 Å². The van der Waals surface area contributed by atoms with Gasteiger partial charge in [0.25, 0.3) is 10.2 Å². The van der Waals surface area contributed by atoms with Crippen molar-refractivity contribution in [2.24, 2.45) is 0 Å². The highest BCUT2D eigenvalue weighted by Crippen LogP contribution is 2.12. The first-order chi connectivity index (χ1) is 10.5. The third-order valence-electron chi connectivity index (χ3n) is 3.45. The molecule has 0 aliphatic carbocycles. The zero-order valence-corrected chi connectivity index (χ0v) is 13.9. The van der Waals surface area contributed by atoms with Crippen LogP contribution in [0.15, 0.2) is 24.3 Å². The van der Waals surface area contributed by atoms with Gasteiger partial charge in [-0.25, -0.2) is 0 Å². The molecule has 1 aromatic rings. The number of nitrogens with zero attached hydrogens (tertiary/aromatic N) is 1. The Kier molecular flexibility index (Phi) is 6.34. The third kappa shape index (κ3) is 5.03. The van der Waals surface area contributed by atoms with Gasteiger partial charge >= 0.3 is 0 Å². The highest BCUT2D eigenvalue weighted by atomic mass is 32.2. The van der Waals surface area contributed by atoms with Gasteiger partial charge in [-0.1, -0.05) is 24.3 Å². The quantitative estimate of drug-likeness (QED) is 0.819. The molecule has 1 aliphatic heterocycles. The zero-order chi connectivity index (χ0) is 16.0. The number of ether oxygens (including phenoxy) is 2. The fourth-order valence-electron chi connectivity index (χ4n) is 2.17. The summed E-state index contributed by atoms with van der Waals surface area (Å²) in [6.07, 6.45) is 0.137. The first-order valence-electron chi connectivity index (χ1n) is 7.50. The van der Waals surface area contributed by atoms with Gasteiger partial charge in [0.2, 0.25) is 0 Å². The van der Waals surface area contributed by atoms with Crippen LogP contribution in [0.4, 0.5) is 0 Å². The molecule has 0 spiro atoms. The fraction of sp³-hybridized carbons (Fsp3) is 0.600. The molecule has 124 valence electrons. The highest BCUT2D eigenvalue weighted by Gasteiger charge is 2.23. The predicted octanol–water partition coefficient (Wildman–Crippen LogP) is 1.28. The second-order valence-corrected chi connectivity index (χ2v) is 7.22. The predicted molar refractivity (Wildman–Crippen MR) is 84.5 cm³/mol. The summed E-state index contributed by atoms with van der Waals surface area (Å²) < 4.78 is 39.4. The minimum Gasteiger partial charge on any atom is -0.379 e. The van der Waals surface area contributed by atoms with Crippen LogP contribution in [0.3, 0.4) is 0 Å². The van der Waals surface area contributed by atoms with Crippen molar-refractivity contribution in [3.63, 3.8) is 0 Å². The molecule has 0 bridgehead atoms. The van der Waals surface area contributed by atoms with Gasteiger partial charge in [-0.3, -0.25) is 0 Å². The molecule has 0 aromatic heterocycles. The van der Waals surface area contributed by atoms with E-state index in [1.807, 2.05) is 38.1 Å². The number of morpholine rings is 1. The molecule has 1 N–H and O–H groups in total. The third-order valence-corrected chi connectivity index (χ3v) is 5.00. The second-order valence-electron chi connectivity index (χ2n) is 5.47. The maximum atomic E-state index is 12.3. The van der Waals surface area contributed by atoms with Crippen LogP contribution in [0.2, 0.25) is 0 Å². The van der Waals surface area contributed by atoms with E-state index >= 15 is 0 Å². The highest BCUT2D eigenvalue weighted by molar-refractivity contribution is 7.87. The molecular weight excluding hydrogens is 304 g/mol. The minimum absolute atomic E-state index is 0.137. The Balaban J connectivity index is 1.98. The van der Waals surface area contributed by atoms with Gasteiger partial charge in [-0.05, 0) is 25.0 Å². The number of hydrogen-bond acceptors (Lipinski definition) is 4. The summed E-state index contributed by atoms with van der Waals surface area (Å²) in [7, 11) is -3.47. The van der Waals surface area contributed by atoms with Gasteiger partial charge in [0.15, 0.2) is 0 Å². The standard InChI is InChI=1S/C15H24N2O4S/c1-13(2)21-12-15-6-4-3-5-14(15)11-16-22(18,19)17-7-9-20-10-8-17/h3-6,13,16H,7-12H2,1-2H3. The normalized spacial score (nSPS) is 17.0. The van der Waals surface area contributed by atoms with Crippen LogP contribution >= 0.6 is 0 Å². The molecule has 0 radical (unpaired) electrons. The van der Waals surface area contributed by atoms with E-state index < -0.39 is 10.2 Å². The van der Waals surface area contributed by atoms with Gasteiger partial charge in [-0.15, -0.1) is 0 Å². The molecule has 1 saturated heterocycles. The monoisotopic (exact) mass is 328 g/mol. The van der Waals surface area contributed by atoms with E-state index in [4.69, 9.17) is 9.47 Å². The van der Waals surface area contributed by atoms with Gasteiger partial charge in [0.05, 0.1) is 25.9 Å². The lowest BCUT2D eigenvalue weighted by molar-refractivity contribution is 0.0652. The van der Waals surface area contributed by atoms with Crippen molar-refractivity contribution in [1.29, 1.82) is 0 Å². The molecule has 1 aromatic carbocycles. The maximum Gasteiger partial charge on any atom is 0.279 e. The molecule has 0 atom stereocenters. The number of hydrogen-bond donors (Lipinski definition) is 1. The van der Waals surface area contributed by atoms with Gasteiger partial charge < -0.3 is 9.47 Å². The van der Waals surface area contributed by atoms with E-state index in [1.54, 1.807) is 0 Å². The van der Waals surface area contributed by atoms with Crippen molar-refractivity contribution in [2.45, 2.75) is 33.1 Å². The Bertz CT molecular complexity index is 569. The van der Waals surface area contributed by atoms with E-state index in [-0.39, 0.29) is 12.6 Å². The molecule has 1 aliphatic rings. The summed E-state index contributed by atoms with van der Waals surface area (Å²) >= 11 is 0. The summed E-state index contributed by atoms with van der Waals surface area (Å²) in [5.74, 6) is 0. The van der Waals surface area contributed by atoms with E-state index in [2.05, 4.69) is 4.72 Å². The Hall–Kier alpha value is -0.990. The largest absolute Gasteiger partial charge is 0.379 e. The van der Waals surface area contributed by atoms with Crippen LogP contribution in [0, 0.1) is 0 Å². The molecule has 0 saturated carbocycles. The average Bonchev–Trinajstić information content (AvgIpc) is 2.52. The lowest BCUT2D eigenvalue weighted by Crippen LogP contribution is -2.46. The van der Waals surface area contributed by atoms with E-state index in [0.29, 0.717) is 32.9 Å². The van der Waals surface area contributed by atoms with Crippen molar-refractivity contribution in [3.8, 4) is 0 Å². The Morgan fingerprint density at radius 3 is 2.50 bits per heavy atom. The Morgan fingerprint density at radius 2 is 1.86 bits per heavy atom. The maximum absolute atomic E-state index is 12.3. The molecule has 7 heteroatoms. The van der Waals surface area contributed by atoms with Crippen molar-refractivity contribution < 1.29 is 17.9 Å². The van der Waals surface area contributed by atoms with Gasteiger partial charge in [0.1, 0.15) is 0 Å². The van der Waals surface area contributed by atoms with Crippen LogP contribution in [0.1, 0.15) is 25.0 Å². The van der Waals surface area contributed by atoms with E-state index in [0.717, 1.165) is 11.1 Å². The number of nitrogens with one attached hydrogen (secondary N) is 1. The second kappa shape index (κ2) is 8.03. The van der Waals surface area contributed by atoms with Crippen molar-refractivity contribution in [3.05, 3.63) is 35.4 Å². The smallest absolute Gasteiger partial charge is 0.279 e. The summed E-state index contributed by atoms with van der Waals surface area (Å²) in [6.45, 7) is 6.37. The summed E-state index contributed by atoms with van der Waals surface area (Å²) in [5.41, 5.74) is 1.93. The van der Waals surface area contributed by atoms with Crippen LogP contribution in [-0.2, 0) is 32.8 Å². The van der Waals surface area contributed by atoms with Crippen LogP contribution < -0.4 is 4.72 Å². The zero-order valence-electron chi connectivity index (χ0n) is 13.1. The number of rotatable bonds is 7. The van der Waals surface area contributed by atoms with Crippen LogP contribution in [-0.4, -0.2) is 45.1 Å². The molecule has 0 amide bonds. The molecule has 2 rings (SSSR count). The molecular formula is C15H24N2O4S. The van der Waals surface area contributed by atoms with E-state index in [1.165, 1.54) is 4.31 Å². The van der Waals surface area contributed by atoms with Crippen LogP contribution in [0.25, 0.3) is 0 Å². The lowest BCUT2D eigenvalue weighted by atomic mass is 10.1. The molecule has 1 heterocycles. The molecule has 6 nitrogen and oxygen atoms in total. The fourth-order valence-corrected chi connectivity index (χ4v) is 3.32. The SMILES string of the molecule is CC(C)OCc1ccccc1CNS(=O)(=O)N1CCOCC1. The Labute approximate surface area is 132 Å². The summed E-state index contributed by atoms with van der Waals surface area (Å²) in [4.78, 5) is 0. The van der Waals surface area contributed by atoms with Crippen molar-refractivity contribution in [1.82, 2.24) is 9.03 Å². The topological polar surface area (TPSA) is 67.9 Å². The van der Waals surface area contributed by atoms with Crippen LogP contribution in [0.5, 0.6) is 0 Å². The summed E-state index contributed by atoms with van der Waals surface area (Å²) in [6, 6.07) is 7.71. The van der Waals surface area contributed by atoms with Crippen molar-refractivity contribution >= 4 is 10.2 Å². The number of benzene rings is 1. The lowest BCUT2D eigenvalue weighted by Gasteiger charge is -2.26. The van der Waals surface area contributed by atoms with Crippen molar-refractivity contribution in [2.75, 3.05) is 26.3 Å². The van der Waals surface area contributed by atoms with Gasteiger partial charge in [-0.2, -0.15) is 17.4 Å².